The van der Waals surface area contributed by atoms with Gasteiger partial charge in [0, 0.05) is 5.69 Å². The second-order valence-electron chi connectivity index (χ2n) is 6.64. The molecule has 0 unspecified atom stereocenters. The van der Waals surface area contributed by atoms with Gasteiger partial charge in [-0.15, -0.1) is 0 Å². The van der Waals surface area contributed by atoms with Crippen molar-refractivity contribution in [3.05, 3.63) is 70.7 Å². The summed E-state index contributed by atoms with van der Waals surface area (Å²) in [7, 11) is 1.58. The van der Waals surface area contributed by atoms with Crippen LogP contribution in [-0.2, 0) is 4.74 Å². The fourth-order valence-electron chi connectivity index (χ4n) is 3.43. The Labute approximate surface area is 186 Å². The summed E-state index contributed by atoms with van der Waals surface area (Å²) in [6.07, 6.45) is 1.50. The number of aromatic hydroxyl groups is 1. The maximum Gasteiger partial charge on any atom is 0.360 e. The zero-order chi connectivity index (χ0) is 22.1. The number of hydrogen-bond acceptors (Lipinski definition) is 5. The molecule has 0 radical (unpaired) electrons. The minimum Gasteiger partial charge on any atom is -0.505 e. The Kier molecular flexibility index (Phi) is 5.65. The number of carbonyl (C=O) groups excluding carboxylic acids is 1. The molecule has 1 N–H and O–H groups in total. The van der Waals surface area contributed by atoms with E-state index in [1.165, 1.54) is 18.3 Å². The van der Waals surface area contributed by atoms with Crippen LogP contribution < -0.4 is 4.74 Å². The van der Waals surface area contributed by atoms with Crippen molar-refractivity contribution in [3.8, 4) is 28.4 Å². The molecule has 4 rings (SSSR count). The Morgan fingerprint density at radius 3 is 2.45 bits per heavy atom. The highest BCUT2D eigenvalue weighted by Gasteiger charge is 2.25. The lowest BCUT2D eigenvalue weighted by molar-refractivity contribution is 0.0516. The molecule has 0 bridgehead atoms. The molecule has 0 spiro atoms. The minimum absolute atomic E-state index is 0.160. The fourth-order valence-corrected chi connectivity index (χ4v) is 4.22. The zero-order valence-electron chi connectivity index (χ0n) is 16.7. The van der Waals surface area contributed by atoms with Crippen LogP contribution in [0, 0.1) is 5.82 Å². The lowest BCUT2D eigenvalue weighted by Gasteiger charge is -2.12. The van der Waals surface area contributed by atoms with E-state index in [0.29, 0.717) is 32.4 Å². The topological polar surface area (TPSA) is 73.6 Å². The number of benzene rings is 2. The summed E-state index contributed by atoms with van der Waals surface area (Å²) in [6, 6.07) is 13.3. The van der Waals surface area contributed by atoms with E-state index < -0.39 is 5.97 Å². The van der Waals surface area contributed by atoms with Gasteiger partial charge >= 0.3 is 5.97 Å². The van der Waals surface area contributed by atoms with Gasteiger partial charge in [-0.2, -0.15) is 0 Å². The summed E-state index contributed by atoms with van der Waals surface area (Å²) in [4.78, 5) is 16.4. The Morgan fingerprint density at radius 2 is 1.84 bits per heavy atom. The van der Waals surface area contributed by atoms with Crippen LogP contribution >= 0.6 is 15.9 Å². The molecule has 6 nitrogen and oxygen atoms in total. The van der Waals surface area contributed by atoms with Crippen LogP contribution in [-0.4, -0.2) is 34.3 Å². The van der Waals surface area contributed by atoms with Gasteiger partial charge in [0.15, 0.2) is 11.4 Å². The number of rotatable bonds is 5. The zero-order valence-corrected chi connectivity index (χ0v) is 18.3. The van der Waals surface area contributed by atoms with Crippen molar-refractivity contribution < 1.29 is 23.8 Å². The number of methoxy groups -OCH3 is 1. The van der Waals surface area contributed by atoms with Gasteiger partial charge in [0.25, 0.3) is 0 Å². The first-order chi connectivity index (χ1) is 15.0. The molecule has 0 aliphatic rings. The second kappa shape index (κ2) is 8.39. The van der Waals surface area contributed by atoms with Crippen LogP contribution in [0.1, 0.15) is 17.4 Å². The highest BCUT2D eigenvalue weighted by Crippen LogP contribution is 2.44. The van der Waals surface area contributed by atoms with Crippen LogP contribution in [0.25, 0.3) is 27.8 Å². The highest BCUT2D eigenvalue weighted by molar-refractivity contribution is 9.10. The number of pyridine rings is 1. The Hall–Kier alpha value is -3.39. The van der Waals surface area contributed by atoms with Crippen LogP contribution in [0.4, 0.5) is 4.39 Å². The predicted octanol–water partition coefficient (Wildman–Crippen LogP) is 5.49. The molecule has 2 heterocycles. The van der Waals surface area contributed by atoms with Crippen molar-refractivity contribution >= 4 is 32.8 Å². The van der Waals surface area contributed by atoms with Crippen LogP contribution in [0.15, 0.2) is 59.2 Å². The number of hydrogen-bond donors (Lipinski definition) is 1. The summed E-state index contributed by atoms with van der Waals surface area (Å²) in [5.74, 6) is -0.679. The highest BCUT2D eigenvalue weighted by atomic mass is 79.9. The summed E-state index contributed by atoms with van der Waals surface area (Å²) in [5.41, 5.74) is 2.52. The number of nitrogens with zero attached hydrogens (tertiary/aromatic N) is 2. The van der Waals surface area contributed by atoms with Crippen molar-refractivity contribution in [3.63, 3.8) is 0 Å². The van der Waals surface area contributed by atoms with E-state index in [1.54, 1.807) is 26.2 Å². The average molecular weight is 485 g/mol. The largest absolute Gasteiger partial charge is 0.505 e. The second-order valence-corrected chi connectivity index (χ2v) is 7.43. The van der Waals surface area contributed by atoms with Gasteiger partial charge in [0.1, 0.15) is 11.6 Å². The van der Waals surface area contributed by atoms with Crippen molar-refractivity contribution in [2.75, 3.05) is 13.7 Å². The summed E-state index contributed by atoms with van der Waals surface area (Å²) >= 11 is 3.58. The van der Waals surface area contributed by atoms with E-state index in [9.17, 15) is 14.3 Å². The van der Waals surface area contributed by atoms with Gasteiger partial charge in [-0.3, -0.25) is 0 Å². The summed E-state index contributed by atoms with van der Waals surface area (Å²) < 4.78 is 26.2. The van der Waals surface area contributed by atoms with Gasteiger partial charge in [0.2, 0.25) is 0 Å². The lowest BCUT2D eigenvalue weighted by Crippen LogP contribution is -2.07. The van der Waals surface area contributed by atoms with E-state index >= 15 is 0 Å². The molecule has 0 fully saturated rings. The van der Waals surface area contributed by atoms with Crippen LogP contribution in [0.5, 0.6) is 11.5 Å². The number of ether oxygens (including phenoxy) is 2. The molecule has 2 aromatic heterocycles. The average Bonchev–Trinajstić information content (AvgIpc) is 3.08. The van der Waals surface area contributed by atoms with E-state index in [0.717, 1.165) is 5.69 Å². The van der Waals surface area contributed by atoms with E-state index in [1.807, 2.05) is 28.8 Å². The summed E-state index contributed by atoms with van der Waals surface area (Å²) in [6.45, 7) is 1.84. The maximum absolute atomic E-state index is 13.6. The van der Waals surface area contributed by atoms with Crippen molar-refractivity contribution in [1.82, 2.24) is 9.55 Å². The number of esters is 1. The molecule has 0 saturated heterocycles. The fraction of sp³-hybridized carbons (Fsp3) is 0.130. The smallest absolute Gasteiger partial charge is 0.360 e. The molecule has 2 aromatic carbocycles. The van der Waals surface area contributed by atoms with Crippen molar-refractivity contribution in [2.45, 2.75) is 6.92 Å². The number of carbonyl (C=O) groups is 1. The predicted molar refractivity (Wildman–Crippen MR) is 118 cm³/mol. The van der Waals surface area contributed by atoms with Gasteiger partial charge in [-0.25, -0.2) is 14.2 Å². The molecule has 31 heavy (non-hydrogen) atoms. The molecule has 0 saturated carbocycles. The molecule has 0 aliphatic heterocycles. The van der Waals surface area contributed by atoms with Gasteiger partial charge in [0.05, 0.1) is 41.0 Å². The molecule has 8 heteroatoms. The summed E-state index contributed by atoms with van der Waals surface area (Å²) in [5, 5.41) is 11.3. The van der Waals surface area contributed by atoms with Crippen LogP contribution in [0.3, 0.4) is 0 Å². The Morgan fingerprint density at radius 1 is 1.16 bits per heavy atom. The third-order valence-corrected chi connectivity index (χ3v) is 5.61. The lowest BCUT2D eigenvalue weighted by atomic mass is 10.1. The Balaban J connectivity index is 2.05. The van der Waals surface area contributed by atoms with E-state index in [-0.39, 0.29) is 23.9 Å². The molecular formula is C23H18BrFN2O4. The molecular weight excluding hydrogens is 467 g/mol. The first kappa shape index (κ1) is 20.9. The molecule has 4 aromatic rings. The Bertz CT molecular complexity index is 1270. The van der Waals surface area contributed by atoms with Crippen molar-refractivity contribution in [1.29, 1.82) is 0 Å². The minimum atomic E-state index is -0.714. The first-order valence-electron chi connectivity index (χ1n) is 9.45. The quantitative estimate of drug-likeness (QED) is 0.379. The monoisotopic (exact) mass is 484 g/mol. The van der Waals surface area contributed by atoms with Crippen LogP contribution in [0.2, 0.25) is 0 Å². The molecule has 0 aliphatic carbocycles. The number of halogens is 2. The number of aromatic nitrogens is 2. The normalized spacial score (nSPS) is 11.0. The third kappa shape index (κ3) is 3.63. The maximum atomic E-state index is 13.6. The number of fused-ring (bicyclic) bond motifs is 1. The first-order valence-corrected chi connectivity index (χ1v) is 10.2. The van der Waals surface area contributed by atoms with Gasteiger partial charge in [-0.05, 0) is 76.9 Å². The standard InChI is InChI=1S/C23H18BrFN2O4/c1-3-31-23(29)20-22(28)18-17(12-26-20)27(15-8-10-16(30-2)11-9-15)21(19(18)24)13-4-6-14(25)7-5-13/h4-12,28H,3H2,1-2H3. The van der Waals surface area contributed by atoms with Crippen molar-refractivity contribution in [2.24, 2.45) is 0 Å². The van der Waals surface area contributed by atoms with E-state index in [2.05, 4.69) is 20.9 Å². The van der Waals surface area contributed by atoms with Gasteiger partial charge < -0.3 is 19.1 Å². The van der Waals surface area contributed by atoms with Gasteiger partial charge in [-0.1, -0.05) is 0 Å². The van der Waals surface area contributed by atoms with E-state index in [4.69, 9.17) is 9.47 Å². The third-order valence-electron chi connectivity index (χ3n) is 4.84. The molecule has 158 valence electrons. The SMILES string of the molecule is CCOC(=O)c1ncc2c(c1O)c(Br)c(-c1ccc(F)cc1)n2-c1ccc(OC)cc1. The molecule has 0 atom stereocenters. The molecule has 0 amide bonds.